The first-order valence-corrected chi connectivity index (χ1v) is 6.79. The van der Waals surface area contributed by atoms with Crippen molar-refractivity contribution >= 4 is 11.6 Å². The molecule has 0 spiro atoms. The van der Waals surface area contributed by atoms with Crippen LogP contribution in [0.5, 0.6) is 0 Å². The van der Waals surface area contributed by atoms with E-state index in [0.29, 0.717) is 5.15 Å². The lowest BCUT2D eigenvalue weighted by Crippen LogP contribution is -2.22. The van der Waals surface area contributed by atoms with E-state index in [1.807, 2.05) is 6.07 Å². The van der Waals surface area contributed by atoms with Crippen molar-refractivity contribution in [1.82, 2.24) is 9.97 Å². The fourth-order valence-corrected chi connectivity index (χ4v) is 2.39. The Morgan fingerprint density at radius 3 is 3.00 bits per heavy atom. The molecule has 1 atom stereocenters. The van der Waals surface area contributed by atoms with Gasteiger partial charge in [-0.15, -0.1) is 0 Å². The summed E-state index contributed by atoms with van der Waals surface area (Å²) in [4.78, 5) is 8.83. The molecule has 94 valence electrons. The number of nitrogens with zero attached hydrogens (tertiary/aromatic N) is 2. The molecule has 0 radical (unpaired) electrons. The smallest absolute Gasteiger partial charge is 0.133 e. The molecule has 2 heterocycles. The molecule has 4 heteroatoms. The number of rotatable bonds is 4. The second kappa shape index (κ2) is 6.31. The number of hydrogen-bond donors (Lipinski definition) is 0. The lowest BCUT2D eigenvalue weighted by molar-refractivity contribution is 0.0156. The topological polar surface area (TPSA) is 35.0 Å². The molecule has 1 aliphatic rings. The number of aromatic nitrogens is 2. The summed E-state index contributed by atoms with van der Waals surface area (Å²) in [5, 5.41) is 0.550. The summed E-state index contributed by atoms with van der Waals surface area (Å²) < 4.78 is 5.70. The normalized spacial score (nSPS) is 20.5. The number of hydrogen-bond acceptors (Lipinski definition) is 3. The zero-order valence-electron chi connectivity index (χ0n) is 10.3. The second-order valence-corrected chi connectivity index (χ2v) is 4.93. The highest BCUT2D eigenvalue weighted by Crippen LogP contribution is 2.17. The highest BCUT2D eigenvalue weighted by Gasteiger charge is 2.16. The minimum Gasteiger partial charge on any atom is -0.378 e. The Kier molecular flexibility index (Phi) is 4.75. The SMILES string of the molecule is CCCc1cc(Cl)nc(CC2CCCCO2)n1. The number of halogens is 1. The van der Waals surface area contributed by atoms with Gasteiger partial charge in [0.05, 0.1) is 6.10 Å². The molecule has 17 heavy (non-hydrogen) atoms. The molecule has 1 aromatic rings. The van der Waals surface area contributed by atoms with E-state index in [0.717, 1.165) is 43.8 Å². The van der Waals surface area contributed by atoms with Gasteiger partial charge in [-0.25, -0.2) is 9.97 Å². The van der Waals surface area contributed by atoms with Crippen molar-refractivity contribution in [1.29, 1.82) is 0 Å². The summed E-state index contributed by atoms with van der Waals surface area (Å²) in [5.74, 6) is 0.827. The van der Waals surface area contributed by atoms with E-state index >= 15 is 0 Å². The molecule has 3 nitrogen and oxygen atoms in total. The zero-order chi connectivity index (χ0) is 12.1. The highest BCUT2D eigenvalue weighted by molar-refractivity contribution is 6.29. The third-order valence-corrected chi connectivity index (χ3v) is 3.18. The van der Waals surface area contributed by atoms with Crippen LogP contribution in [0.25, 0.3) is 0 Å². The standard InChI is InChI=1S/C13H19ClN2O/c1-2-5-10-8-12(14)16-13(15-10)9-11-6-3-4-7-17-11/h8,11H,2-7,9H2,1H3. The largest absolute Gasteiger partial charge is 0.378 e. The van der Waals surface area contributed by atoms with Gasteiger partial charge in [-0.1, -0.05) is 24.9 Å². The van der Waals surface area contributed by atoms with Crippen molar-refractivity contribution in [3.63, 3.8) is 0 Å². The molecule has 0 N–H and O–H groups in total. The highest BCUT2D eigenvalue weighted by atomic mass is 35.5. The average molecular weight is 255 g/mol. The molecule has 1 saturated heterocycles. The van der Waals surface area contributed by atoms with Crippen LogP contribution in [0.3, 0.4) is 0 Å². The molecule has 1 aromatic heterocycles. The summed E-state index contributed by atoms with van der Waals surface area (Å²) in [6.07, 6.45) is 6.63. The third-order valence-electron chi connectivity index (χ3n) is 2.98. The number of ether oxygens (including phenoxy) is 1. The first-order chi connectivity index (χ1) is 8.28. The van der Waals surface area contributed by atoms with Crippen LogP contribution >= 0.6 is 11.6 Å². The van der Waals surface area contributed by atoms with Gasteiger partial charge in [-0.05, 0) is 31.7 Å². The molecule has 1 unspecified atom stereocenters. The van der Waals surface area contributed by atoms with E-state index < -0.39 is 0 Å². The molecule has 2 rings (SSSR count). The average Bonchev–Trinajstić information content (AvgIpc) is 2.30. The van der Waals surface area contributed by atoms with Crippen molar-refractivity contribution in [3.8, 4) is 0 Å². The Balaban J connectivity index is 2.03. The zero-order valence-corrected chi connectivity index (χ0v) is 11.0. The maximum atomic E-state index is 6.01. The Bertz CT molecular complexity index is 364. The van der Waals surface area contributed by atoms with E-state index in [-0.39, 0.29) is 6.10 Å². The molecule has 0 saturated carbocycles. The Morgan fingerprint density at radius 1 is 1.41 bits per heavy atom. The fraction of sp³-hybridized carbons (Fsp3) is 0.692. The van der Waals surface area contributed by atoms with Crippen LogP contribution in [0.15, 0.2) is 6.07 Å². The van der Waals surface area contributed by atoms with Crippen molar-refractivity contribution in [2.24, 2.45) is 0 Å². The molecule has 0 aliphatic carbocycles. The lowest BCUT2D eigenvalue weighted by atomic mass is 10.1. The van der Waals surface area contributed by atoms with Gasteiger partial charge in [0.25, 0.3) is 0 Å². The Labute approximate surface area is 108 Å². The first-order valence-electron chi connectivity index (χ1n) is 6.42. The Morgan fingerprint density at radius 2 is 2.29 bits per heavy atom. The van der Waals surface area contributed by atoms with Gasteiger partial charge < -0.3 is 4.74 Å². The molecule has 1 fully saturated rings. The molecular weight excluding hydrogens is 236 g/mol. The van der Waals surface area contributed by atoms with Crippen molar-refractivity contribution in [2.45, 2.75) is 51.6 Å². The van der Waals surface area contributed by atoms with Crippen molar-refractivity contribution in [3.05, 3.63) is 22.7 Å². The predicted octanol–water partition coefficient (Wildman–Crippen LogP) is 3.19. The van der Waals surface area contributed by atoms with Crippen LogP contribution in [-0.2, 0) is 17.6 Å². The maximum Gasteiger partial charge on any atom is 0.133 e. The van der Waals surface area contributed by atoms with E-state index in [1.54, 1.807) is 0 Å². The van der Waals surface area contributed by atoms with E-state index in [1.165, 1.54) is 12.8 Å². The fourth-order valence-electron chi connectivity index (χ4n) is 2.16. The number of aryl methyl sites for hydroxylation is 1. The van der Waals surface area contributed by atoms with E-state index in [4.69, 9.17) is 16.3 Å². The first kappa shape index (κ1) is 12.8. The van der Waals surface area contributed by atoms with Gasteiger partial charge in [0, 0.05) is 18.7 Å². The summed E-state index contributed by atoms with van der Waals surface area (Å²) in [6, 6.07) is 1.86. The van der Waals surface area contributed by atoms with Crippen molar-refractivity contribution in [2.75, 3.05) is 6.61 Å². The predicted molar refractivity (Wildman–Crippen MR) is 68.3 cm³/mol. The van der Waals surface area contributed by atoms with E-state index in [9.17, 15) is 0 Å². The quantitative estimate of drug-likeness (QED) is 0.774. The molecular formula is C13H19ClN2O. The molecule has 1 aliphatic heterocycles. The summed E-state index contributed by atoms with van der Waals surface area (Å²) in [5.41, 5.74) is 1.04. The summed E-state index contributed by atoms with van der Waals surface area (Å²) in [7, 11) is 0. The minimum atomic E-state index is 0.275. The second-order valence-electron chi connectivity index (χ2n) is 4.54. The molecule has 0 aromatic carbocycles. The van der Waals surface area contributed by atoms with Gasteiger partial charge >= 0.3 is 0 Å². The van der Waals surface area contributed by atoms with Crippen molar-refractivity contribution < 1.29 is 4.74 Å². The minimum absolute atomic E-state index is 0.275. The molecule has 0 amide bonds. The third kappa shape index (κ3) is 3.93. The maximum absolute atomic E-state index is 6.01. The van der Waals surface area contributed by atoms with Crippen LogP contribution in [-0.4, -0.2) is 22.7 Å². The van der Waals surface area contributed by atoms with Crippen LogP contribution in [0.2, 0.25) is 5.15 Å². The van der Waals surface area contributed by atoms with Crippen LogP contribution in [0.1, 0.15) is 44.1 Å². The lowest BCUT2D eigenvalue weighted by Gasteiger charge is -2.21. The summed E-state index contributed by atoms with van der Waals surface area (Å²) >= 11 is 6.01. The van der Waals surface area contributed by atoms with Gasteiger partial charge in [0.1, 0.15) is 11.0 Å². The van der Waals surface area contributed by atoms with Crippen LogP contribution in [0.4, 0.5) is 0 Å². The van der Waals surface area contributed by atoms with Crippen LogP contribution in [0, 0.1) is 0 Å². The van der Waals surface area contributed by atoms with E-state index in [2.05, 4.69) is 16.9 Å². The summed E-state index contributed by atoms with van der Waals surface area (Å²) in [6.45, 7) is 3.01. The van der Waals surface area contributed by atoms with Gasteiger partial charge in [0.2, 0.25) is 0 Å². The van der Waals surface area contributed by atoms with Crippen LogP contribution < -0.4 is 0 Å². The monoisotopic (exact) mass is 254 g/mol. The van der Waals surface area contributed by atoms with Gasteiger partial charge in [0.15, 0.2) is 0 Å². The van der Waals surface area contributed by atoms with Gasteiger partial charge in [-0.3, -0.25) is 0 Å². The van der Waals surface area contributed by atoms with Gasteiger partial charge in [-0.2, -0.15) is 0 Å². The Hall–Kier alpha value is -0.670. The molecule has 0 bridgehead atoms.